The maximum atomic E-state index is 12.9. The quantitative estimate of drug-likeness (QED) is 0.919. The van der Waals surface area contributed by atoms with Crippen LogP contribution in [0.1, 0.15) is 31.4 Å². The molecule has 1 amide bonds. The maximum absolute atomic E-state index is 12.9. The van der Waals surface area contributed by atoms with E-state index in [1.165, 1.54) is 4.52 Å². The van der Waals surface area contributed by atoms with E-state index in [0.717, 1.165) is 44.7 Å². The third-order valence-electron chi connectivity index (χ3n) is 3.90. The van der Waals surface area contributed by atoms with Crippen LogP contribution in [0.2, 0.25) is 0 Å². The van der Waals surface area contributed by atoms with Crippen LogP contribution in [0.5, 0.6) is 0 Å². The van der Waals surface area contributed by atoms with Crippen molar-refractivity contribution < 1.29 is 18.0 Å². The van der Waals surface area contributed by atoms with Gasteiger partial charge < -0.3 is 10.2 Å². The topological polar surface area (TPSA) is 75.4 Å². The van der Waals surface area contributed by atoms with Gasteiger partial charge in [-0.2, -0.15) is 27.8 Å². The van der Waals surface area contributed by atoms with Gasteiger partial charge in [-0.25, -0.2) is 4.98 Å². The molecule has 1 aliphatic rings. The van der Waals surface area contributed by atoms with Gasteiger partial charge in [-0.3, -0.25) is 4.79 Å². The zero-order valence-electron chi connectivity index (χ0n) is 12.9. The van der Waals surface area contributed by atoms with Crippen molar-refractivity contribution in [1.29, 1.82) is 0 Å². The molecule has 0 aromatic carbocycles. The third kappa shape index (κ3) is 3.57. The predicted octanol–water partition coefficient (Wildman–Crippen LogP) is 1.96. The minimum absolute atomic E-state index is 0.00198. The van der Waals surface area contributed by atoms with Crippen molar-refractivity contribution in [3.63, 3.8) is 0 Å². The summed E-state index contributed by atoms with van der Waals surface area (Å²) in [5.41, 5.74) is -1.05. The molecular formula is C14H17F3N6O. The van der Waals surface area contributed by atoms with E-state index in [-0.39, 0.29) is 30.5 Å². The molecule has 2 aromatic rings. The number of hydrogen-bond acceptors (Lipinski definition) is 5. The Hall–Kier alpha value is -2.39. The van der Waals surface area contributed by atoms with Crippen LogP contribution < -0.4 is 5.32 Å². The highest BCUT2D eigenvalue weighted by atomic mass is 19.4. The lowest BCUT2D eigenvalue weighted by Crippen LogP contribution is -2.36. The zero-order valence-corrected chi connectivity index (χ0v) is 12.9. The van der Waals surface area contributed by atoms with Crippen molar-refractivity contribution in [2.45, 2.75) is 31.9 Å². The molecule has 0 radical (unpaired) electrons. The largest absolute Gasteiger partial charge is 0.433 e. The summed E-state index contributed by atoms with van der Waals surface area (Å²) >= 11 is 0. The number of carbonyl (C=O) groups excluding carboxylic acids is 1. The molecular weight excluding hydrogens is 325 g/mol. The Bertz CT molecular complexity index is 723. The summed E-state index contributed by atoms with van der Waals surface area (Å²) in [5.74, 6) is -0.0342. The van der Waals surface area contributed by atoms with Crippen LogP contribution in [-0.4, -0.2) is 50.0 Å². The number of hydrogen-bond donors (Lipinski definition) is 1. The van der Waals surface area contributed by atoms with E-state index in [1.54, 1.807) is 4.90 Å². The lowest BCUT2D eigenvalue weighted by Gasteiger charge is -2.26. The van der Waals surface area contributed by atoms with Crippen molar-refractivity contribution in [3.05, 3.63) is 18.1 Å². The number of halogens is 3. The van der Waals surface area contributed by atoms with Crippen molar-refractivity contribution in [1.82, 2.24) is 24.5 Å². The van der Waals surface area contributed by atoms with E-state index in [2.05, 4.69) is 20.4 Å². The van der Waals surface area contributed by atoms with Crippen LogP contribution in [0, 0.1) is 0 Å². The summed E-state index contributed by atoms with van der Waals surface area (Å²) in [6, 6.07) is 0.868. The number of alkyl halides is 3. The van der Waals surface area contributed by atoms with Crippen LogP contribution in [0.3, 0.4) is 0 Å². The second kappa shape index (κ2) is 6.62. The highest BCUT2D eigenvalue weighted by Gasteiger charge is 2.34. The number of aromatic nitrogens is 4. The Morgan fingerprint density at radius 2 is 2.00 bits per heavy atom. The highest BCUT2D eigenvalue weighted by molar-refractivity contribution is 5.76. The second-order valence-corrected chi connectivity index (χ2v) is 5.61. The molecule has 0 saturated carbocycles. The fraction of sp³-hybridized carbons (Fsp3) is 0.571. The van der Waals surface area contributed by atoms with E-state index in [0.29, 0.717) is 0 Å². The first-order chi connectivity index (χ1) is 11.4. The molecule has 1 aliphatic heterocycles. The summed E-state index contributed by atoms with van der Waals surface area (Å²) in [5, 5.41) is 6.68. The number of fused-ring (bicyclic) bond motifs is 1. The summed E-state index contributed by atoms with van der Waals surface area (Å²) in [7, 11) is 0. The van der Waals surface area contributed by atoms with Gasteiger partial charge in [-0.15, -0.1) is 0 Å². The number of carbonyl (C=O) groups is 1. The van der Waals surface area contributed by atoms with Crippen LogP contribution in [-0.2, 0) is 11.0 Å². The summed E-state index contributed by atoms with van der Waals surface area (Å²) in [4.78, 5) is 21.0. The number of nitrogens with zero attached hydrogens (tertiary/aromatic N) is 5. The summed E-state index contributed by atoms with van der Waals surface area (Å²) in [6.45, 7) is 1.71. The van der Waals surface area contributed by atoms with Gasteiger partial charge in [0.2, 0.25) is 5.91 Å². The average molecular weight is 342 g/mol. The standard InChI is InChI=1S/C14H17F3N6O/c15-14(16,17)10-8-11(23-13(21-10)19-9-20-23)18-5-4-12(24)22-6-2-1-3-7-22/h8-9,18H,1-7H2. The van der Waals surface area contributed by atoms with E-state index in [9.17, 15) is 18.0 Å². The zero-order chi connectivity index (χ0) is 17.2. The van der Waals surface area contributed by atoms with Crippen LogP contribution in [0.4, 0.5) is 19.0 Å². The maximum Gasteiger partial charge on any atom is 0.433 e. The van der Waals surface area contributed by atoms with Crippen molar-refractivity contribution >= 4 is 17.5 Å². The molecule has 1 N–H and O–H groups in total. The Balaban J connectivity index is 1.68. The Morgan fingerprint density at radius 1 is 1.25 bits per heavy atom. The first kappa shape index (κ1) is 16.5. The lowest BCUT2D eigenvalue weighted by molar-refractivity contribution is -0.141. The van der Waals surface area contributed by atoms with Gasteiger partial charge in [0.05, 0.1) is 0 Å². The van der Waals surface area contributed by atoms with E-state index < -0.39 is 11.9 Å². The molecule has 1 saturated heterocycles. The van der Waals surface area contributed by atoms with Gasteiger partial charge in [-0.1, -0.05) is 0 Å². The molecule has 0 atom stereocenters. The molecule has 3 heterocycles. The molecule has 0 spiro atoms. The van der Waals surface area contributed by atoms with E-state index >= 15 is 0 Å². The minimum atomic E-state index is -4.58. The number of rotatable bonds is 4. The lowest BCUT2D eigenvalue weighted by atomic mass is 10.1. The molecule has 3 rings (SSSR count). The molecule has 10 heteroatoms. The molecule has 130 valence electrons. The SMILES string of the molecule is O=C(CCNc1cc(C(F)(F)F)nc2ncnn12)N1CCCCC1. The van der Waals surface area contributed by atoms with Gasteiger partial charge in [-0.05, 0) is 19.3 Å². The van der Waals surface area contributed by atoms with Crippen molar-refractivity contribution in [2.24, 2.45) is 0 Å². The number of anilines is 1. The monoisotopic (exact) mass is 342 g/mol. The highest BCUT2D eigenvalue weighted by Crippen LogP contribution is 2.29. The van der Waals surface area contributed by atoms with Crippen LogP contribution >= 0.6 is 0 Å². The number of likely N-dealkylation sites (tertiary alicyclic amines) is 1. The van der Waals surface area contributed by atoms with Gasteiger partial charge >= 0.3 is 6.18 Å². The second-order valence-electron chi connectivity index (χ2n) is 5.61. The predicted molar refractivity (Wildman–Crippen MR) is 79.3 cm³/mol. The smallest absolute Gasteiger partial charge is 0.369 e. The van der Waals surface area contributed by atoms with Gasteiger partial charge in [0.1, 0.15) is 12.1 Å². The first-order valence-corrected chi connectivity index (χ1v) is 7.75. The number of amides is 1. The van der Waals surface area contributed by atoms with Crippen LogP contribution in [0.25, 0.3) is 5.78 Å². The summed E-state index contributed by atoms with van der Waals surface area (Å²) < 4.78 is 39.8. The number of nitrogens with one attached hydrogen (secondary N) is 1. The fourth-order valence-electron chi connectivity index (χ4n) is 2.68. The molecule has 2 aromatic heterocycles. The Morgan fingerprint density at radius 3 is 2.71 bits per heavy atom. The van der Waals surface area contributed by atoms with Crippen molar-refractivity contribution in [3.8, 4) is 0 Å². The summed E-state index contributed by atoms with van der Waals surface area (Å²) in [6.07, 6.45) is -0.111. The first-order valence-electron chi connectivity index (χ1n) is 7.75. The van der Waals surface area contributed by atoms with Gasteiger partial charge in [0.15, 0.2) is 5.69 Å². The van der Waals surface area contributed by atoms with E-state index in [1.807, 2.05) is 0 Å². The Kier molecular flexibility index (Phi) is 4.54. The number of piperidine rings is 1. The van der Waals surface area contributed by atoms with E-state index in [4.69, 9.17) is 0 Å². The molecule has 1 fully saturated rings. The normalized spacial score (nSPS) is 15.7. The molecule has 0 aliphatic carbocycles. The van der Waals surface area contributed by atoms with Gasteiger partial charge in [0, 0.05) is 32.1 Å². The molecule has 0 unspecified atom stereocenters. The third-order valence-corrected chi connectivity index (χ3v) is 3.90. The fourth-order valence-corrected chi connectivity index (χ4v) is 2.68. The molecule has 7 nitrogen and oxygen atoms in total. The Labute approximate surface area is 135 Å². The van der Waals surface area contributed by atoms with Crippen LogP contribution in [0.15, 0.2) is 12.4 Å². The molecule has 0 bridgehead atoms. The minimum Gasteiger partial charge on any atom is -0.369 e. The molecule has 24 heavy (non-hydrogen) atoms. The van der Waals surface area contributed by atoms with Gasteiger partial charge in [0.25, 0.3) is 5.78 Å². The van der Waals surface area contributed by atoms with Crippen molar-refractivity contribution in [2.75, 3.05) is 25.0 Å². The average Bonchev–Trinajstić information content (AvgIpc) is 3.03.